The SMILES string of the molecule is CCCCC(C)CC.Cc1cccc(F)c1C. The molecule has 0 saturated heterocycles. The fourth-order valence-corrected chi connectivity index (χ4v) is 1.47. The molecular formula is C16H27F. The minimum Gasteiger partial charge on any atom is -0.207 e. The van der Waals surface area contributed by atoms with Gasteiger partial charge in [-0.15, -0.1) is 0 Å². The van der Waals surface area contributed by atoms with Gasteiger partial charge in [0.2, 0.25) is 0 Å². The standard InChI is InChI=1S/C8H9F.C8H18/c1-6-4-3-5-8(9)7(6)2;1-4-6-7-8(3)5-2/h3-5H,1-2H3;8H,4-7H2,1-3H3. The Balaban J connectivity index is 0.000000304. The highest BCUT2D eigenvalue weighted by Gasteiger charge is 1.96. The van der Waals surface area contributed by atoms with Crippen molar-refractivity contribution in [3.05, 3.63) is 35.1 Å². The summed E-state index contributed by atoms with van der Waals surface area (Å²) in [7, 11) is 0. The molecule has 1 rings (SSSR count). The molecule has 0 amide bonds. The Hall–Kier alpha value is -0.850. The first kappa shape index (κ1) is 16.1. The van der Waals surface area contributed by atoms with Gasteiger partial charge in [-0.1, -0.05) is 58.6 Å². The largest absolute Gasteiger partial charge is 0.207 e. The van der Waals surface area contributed by atoms with Gasteiger partial charge >= 0.3 is 0 Å². The average Bonchev–Trinajstić information content (AvgIpc) is 2.33. The van der Waals surface area contributed by atoms with Crippen LogP contribution in [0.3, 0.4) is 0 Å². The van der Waals surface area contributed by atoms with Crippen LogP contribution < -0.4 is 0 Å². The summed E-state index contributed by atoms with van der Waals surface area (Å²) in [5, 5.41) is 0. The fourth-order valence-electron chi connectivity index (χ4n) is 1.47. The van der Waals surface area contributed by atoms with Crippen LogP contribution in [0.15, 0.2) is 18.2 Å². The first-order valence-corrected chi connectivity index (χ1v) is 6.74. The average molecular weight is 238 g/mol. The van der Waals surface area contributed by atoms with Crippen LogP contribution >= 0.6 is 0 Å². The molecule has 1 unspecified atom stereocenters. The minimum absolute atomic E-state index is 0.116. The maximum Gasteiger partial charge on any atom is 0.126 e. The predicted molar refractivity (Wildman–Crippen MR) is 74.9 cm³/mol. The quantitative estimate of drug-likeness (QED) is 0.634. The summed E-state index contributed by atoms with van der Waals surface area (Å²) >= 11 is 0. The van der Waals surface area contributed by atoms with Crippen LogP contribution in [0.5, 0.6) is 0 Å². The summed E-state index contributed by atoms with van der Waals surface area (Å²) in [4.78, 5) is 0. The third kappa shape index (κ3) is 7.14. The van der Waals surface area contributed by atoms with Crippen molar-refractivity contribution in [3.63, 3.8) is 0 Å². The molecule has 0 nitrogen and oxygen atoms in total. The van der Waals surface area contributed by atoms with Gasteiger partial charge in [-0.05, 0) is 37.0 Å². The second kappa shape index (κ2) is 9.21. The molecule has 0 fully saturated rings. The first-order valence-electron chi connectivity index (χ1n) is 6.74. The van der Waals surface area contributed by atoms with Crippen LogP contribution in [-0.4, -0.2) is 0 Å². The highest BCUT2D eigenvalue weighted by molar-refractivity contribution is 5.25. The predicted octanol–water partition coefficient (Wildman–Crippen LogP) is 5.67. The zero-order chi connectivity index (χ0) is 13.3. The van der Waals surface area contributed by atoms with Crippen molar-refractivity contribution in [2.75, 3.05) is 0 Å². The van der Waals surface area contributed by atoms with E-state index in [2.05, 4.69) is 20.8 Å². The normalized spacial score (nSPS) is 11.6. The summed E-state index contributed by atoms with van der Waals surface area (Å²) in [6, 6.07) is 5.10. The number of rotatable bonds is 4. The smallest absolute Gasteiger partial charge is 0.126 e. The van der Waals surface area contributed by atoms with Gasteiger partial charge in [0.1, 0.15) is 5.82 Å². The van der Waals surface area contributed by atoms with E-state index in [0.717, 1.165) is 17.0 Å². The minimum atomic E-state index is -0.116. The van der Waals surface area contributed by atoms with Gasteiger partial charge in [0.05, 0.1) is 0 Å². The Bertz CT molecular complexity index is 284. The number of benzene rings is 1. The Morgan fingerprint density at radius 3 is 2.24 bits per heavy atom. The van der Waals surface area contributed by atoms with Gasteiger partial charge in [-0.3, -0.25) is 0 Å². The topological polar surface area (TPSA) is 0 Å². The molecule has 0 aliphatic rings. The molecule has 0 radical (unpaired) electrons. The molecule has 0 aliphatic carbocycles. The van der Waals surface area contributed by atoms with E-state index in [1.807, 2.05) is 13.0 Å². The molecule has 0 aromatic heterocycles. The van der Waals surface area contributed by atoms with Crippen molar-refractivity contribution in [1.82, 2.24) is 0 Å². The molecule has 1 aromatic carbocycles. The van der Waals surface area contributed by atoms with Gasteiger partial charge in [-0.2, -0.15) is 0 Å². The van der Waals surface area contributed by atoms with Crippen LogP contribution in [0.4, 0.5) is 4.39 Å². The molecule has 0 aliphatic heterocycles. The van der Waals surface area contributed by atoms with E-state index in [9.17, 15) is 4.39 Å². The second-order valence-corrected chi connectivity index (χ2v) is 4.84. The molecular weight excluding hydrogens is 211 g/mol. The van der Waals surface area contributed by atoms with Crippen LogP contribution in [0.25, 0.3) is 0 Å². The van der Waals surface area contributed by atoms with Crippen molar-refractivity contribution in [2.24, 2.45) is 5.92 Å². The van der Waals surface area contributed by atoms with Crippen molar-refractivity contribution >= 4 is 0 Å². The molecule has 1 heteroatoms. The van der Waals surface area contributed by atoms with Gasteiger partial charge in [0, 0.05) is 0 Å². The molecule has 1 atom stereocenters. The van der Waals surface area contributed by atoms with Crippen molar-refractivity contribution in [1.29, 1.82) is 0 Å². The molecule has 0 spiro atoms. The van der Waals surface area contributed by atoms with Crippen LogP contribution in [-0.2, 0) is 0 Å². The summed E-state index contributed by atoms with van der Waals surface area (Å²) in [5.41, 5.74) is 1.76. The number of halogens is 1. The summed E-state index contributed by atoms with van der Waals surface area (Å²) < 4.78 is 12.6. The van der Waals surface area contributed by atoms with E-state index in [4.69, 9.17) is 0 Å². The molecule has 1 aromatic rings. The van der Waals surface area contributed by atoms with E-state index < -0.39 is 0 Å². The Kier molecular flexibility index (Phi) is 8.75. The summed E-state index contributed by atoms with van der Waals surface area (Å²) in [5.74, 6) is 0.838. The van der Waals surface area contributed by atoms with Gasteiger partial charge in [0.15, 0.2) is 0 Å². The maximum absolute atomic E-state index is 12.6. The van der Waals surface area contributed by atoms with E-state index in [1.165, 1.54) is 31.7 Å². The lowest BCUT2D eigenvalue weighted by Gasteiger charge is -2.04. The number of hydrogen-bond donors (Lipinski definition) is 0. The van der Waals surface area contributed by atoms with Gasteiger partial charge in [-0.25, -0.2) is 4.39 Å². The van der Waals surface area contributed by atoms with E-state index >= 15 is 0 Å². The molecule has 0 N–H and O–H groups in total. The fraction of sp³-hybridized carbons (Fsp3) is 0.625. The highest BCUT2D eigenvalue weighted by atomic mass is 19.1. The lowest BCUT2D eigenvalue weighted by Crippen LogP contribution is -1.89. The monoisotopic (exact) mass is 238 g/mol. The Morgan fingerprint density at radius 1 is 1.18 bits per heavy atom. The van der Waals surface area contributed by atoms with Crippen molar-refractivity contribution < 1.29 is 4.39 Å². The number of aryl methyl sites for hydroxylation is 1. The Labute approximate surface area is 106 Å². The van der Waals surface area contributed by atoms with Gasteiger partial charge in [0.25, 0.3) is 0 Å². The molecule has 0 bridgehead atoms. The zero-order valence-electron chi connectivity index (χ0n) is 12.0. The van der Waals surface area contributed by atoms with Crippen molar-refractivity contribution in [3.8, 4) is 0 Å². The zero-order valence-corrected chi connectivity index (χ0v) is 12.0. The van der Waals surface area contributed by atoms with E-state index in [-0.39, 0.29) is 5.82 Å². The molecule has 17 heavy (non-hydrogen) atoms. The van der Waals surface area contributed by atoms with Crippen LogP contribution in [0, 0.1) is 25.6 Å². The van der Waals surface area contributed by atoms with Crippen LogP contribution in [0.2, 0.25) is 0 Å². The maximum atomic E-state index is 12.6. The van der Waals surface area contributed by atoms with Gasteiger partial charge < -0.3 is 0 Å². The first-order chi connectivity index (χ1) is 8.02. The van der Waals surface area contributed by atoms with E-state index in [0.29, 0.717) is 0 Å². The lowest BCUT2D eigenvalue weighted by atomic mass is 10.0. The summed E-state index contributed by atoms with van der Waals surface area (Å²) in [6.45, 7) is 10.5. The third-order valence-corrected chi connectivity index (χ3v) is 3.29. The molecule has 98 valence electrons. The number of unbranched alkanes of at least 4 members (excludes halogenated alkanes) is 1. The number of hydrogen-bond acceptors (Lipinski definition) is 0. The molecule has 0 heterocycles. The van der Waals surface area contributed by atoms with E-state index in [1.54, 1.807) is 13.0 Å². The summed E-state index contributed by atoms with van der Waals surface area (Å²) in [6.07, 6.45) is 5.53. The van der Waals surface area contributed by atoms with Crippen LogP contribution in [0.1, 0.15) is 57.6 Å². The highest BCUT2D eigenvalue weighted by Crippen LogP contribution is 2.10. The third-order valence-electron chi connectivity index (χ3n) is 3.29. The lowest BCUT2D eigenvalue weighted by molar-refractivity contribution is 0.492. The molecule has 0 saturated carbocycles. The Morgan fingerprint density at radius 2 is 1.82 bits per heavy atom. The van der Waals surface area contributed by atoms with Crippen molar-refractivity contribution in [2.45, 2.75) is 60.3 Å². The second-order valence-electron chi connectivity index (χ2n) is 4.84.